The summed E-state index contributed by atoms with van der Waals surface area (Å²) in [5.41, 5.74) is 0. The lowest BCUT2D eigenvalue weighted by Gasteiger charge is -2.40. The highest BCUT2D eigenvalue weighted by molar-refractivity contribution is 5.74. The molecule has 6 unspecified atom stereocenters. The maximum absolute atomic E-state index is 13.1. The molecule has 0 aromatic rings. The van der Waals surface area contributed by atoms with Gasteiger partial charge in [0.25, 0.3) is 0 Å². The molecule has 1 aliphatic heterocycles. The number of carbonyl (C=O) groups is 4. The minimum atomic E-state index is -1.91. The van der Waals surface area contributed by atoms with Gasteiger partial charge in [0.1, 0.15) is 18.8 Å². The topological polar surface area (TPSA) is 175 Å². The van der Waals surface area contributed by atoms with Gasteiger partial charge >= 0.3 is 23.9 Å². The Balaban J connectivity index is 2.64. The monoisotopic (exact) mass is 1110 g/mol. The van der Waals surface area contributed by atoms with Gasteiger partial charge in [-0.25, -0.2) is 4.79 Å². The first-order valence-corrected chi connectivity index (χ1v) is 31.9. The molecule has 12 heteroatoms. The van der Waals surface area contributed by atoms with E-state index in [9.17, 15) is 34.5 Å². The van der Waals surface area contributed by atoms with Gasteiger partial charge in [0.05, 0.1) is 6.61 Å². The summed E-state index contributed by atoms with van der Waals surface area (Å²) in [5.74, 6) is -3.14. The number of aliphatic hydroxyl groups excluding tert-OH is 2. The van der Waals surface area contributed by atoms with Gasteiger partial charge in [0, 0.05) is 19.3 Å². The van der Waals surface area contributed by atoms with E-state index in [4.69, 9.17) is 23.7 Å². The van der Waals surface area contributed by atoms with Gasteiger partial charge in [0.2, 0.25) is 0 Å². The fourth-order valence-corrected chi connectivity index (χ4v) is 9.32. The van der Waals surface area contributed by atoms with Crippen molar-refractivity contribution in [2.45, 2.75) is 314 Å². The zero-order valence-corrected chi connectivity index (χ0v) is 50.1. The molecule has 0 spiro atoms. The fourth-order valence-electron chi connectivity index (χ4n) is 9.32. The first-order chi connectivity index (χ1) is 38.6. The van der Waals surface area contributed by atoms with Crippen LogP contribution in [0, 0.1) is 0 Å². The van der Waals surface area contributed by atoms with Crippen LogP contribution in [0.15, 0.2) is 72.9 Å². The Bertz CT molecular complexity index is 1650. The number of aliphatic hydroxyl groups is 2. The third-order valence-electron chi connectivity index (χ3n) is 14.3. The lowest BCUT2D eigenvalue weighted by atomic mass is 9.98. The Hall–Kier alpha value is -3.84. The van der Waals surface area contributed by atoms with Crippen LogP contribution >= 0.6 is 0 Å². The van der Waals surface area contributed by atoms with Gasteiger partial charge in [-0.2, -0.15) is 0 Å². The molecule has 1 aliphatic rings. The molecule has 1 rings (SSSR count). The van der Waals surface area contributed by atoms with Gasteiger partial charge in [-0.3, -0.25) is 14.4 Å². The number of allylic oxidation sites excluding steroid dienone is 12. The first kappa shape index (κ1) is 73.2. The van der Waals surface area contributed by atoms with E-state index in [0.717, 1.165) is 122 Å². The smallest absolute Gasteiger partial charge is 0.335 e. The second-order valence-electron chi connectivity index (χ2n) is 21.7. The number of unbranched alkanes of at least 4 members (excludes halogenated alkanes) is 28. The van der Waals surface area contributed by atoms with Crippen LogP contribution in [0.2, 0.25) is 0 Å². The Morgan fingerprint density at radius 1 is 0.418 bits per heavy atom. The maximum atomic E-state index is 13.1. The summed E-state index contributed by atoms with van der Waals surface area (Å²) in [6.07, 6.45) is 57.1. The van der Waals surface area contributed by atoms with Crippen LogP contribution in [0.4, 0.5) is 0 Å². The van der Waals surface area contributed by atoms with Gasteiger partial charge in [-0.1, -0.05) is 235 Å². The van der Waals surface area contributed by atoms with Gasteiger partial charge in [0.15, 0.2) is 24.6 Å². The van der Waals surface area contributed by atoms with Crippen molar-refractivity contribution in [2.24, 2.45) is 0 Å². The van der Waals surface area contributed by atoms with Crippen LogP contribution in [0.1, 0.15) is 278 Å². The molecule has 0 bridgehead atoms. The number of rotatable bonds is 54. The molecule has 3 N–H and O–H groups in total. The Labute approximate surface area is 480 Å². The molecule has 0 aliphatic carbocycles. The molecule has 12 nitrogen and oxygen atoms in total. The molecular formula is C67H114O12. The lowest BCUT2D eigenvalue weighted by molar-refractivity contribution is -0.301. The number of carboxylic acids is 1. The predicted molar refractivity (Wildman–Crippen MR) is 322 cm³/mol. The van der Waals surface area contributed by atoms with Crippen LogP contribution in [0.3, 0.4) is 0 Å². The lowest BCUT2D eigenvalue weighted by Crippen LogP contribution is -2.61. The van der Waals surface area contributed by atoms with Crippen LogP contribution in [0.5, 0.6) is 0 Å². The number of hydrogen-bond donors (Lipinski definition) is 3. The third kappa shape index (κ3) is 44.5. The number of esters is 3. The van der Waals surface area contributed by atoms with Crippen molar-refractivity contribution in [3.8, 4) is 0 Å². The Morgan fingerprint density at radius 3 is 1.18 bits per heavy atom. The second kappa shape index (κ2) is 54.7. The van der Waals surface area contributed by atoms with E-state index >= 15 is 0 Å². The minimum Gasteiger partial charge on any atom is -0.479 e. The van der Waals surface area contributed by atoms with Gasteiger partial charge in [-0.05, 0) is 96.3 Å². The summed E-state index contributed by atoms with van der Waals surface area (Å²) in [4.78, 5) is 51.2. The van der Waals surface area contributed by atoms with E-state index in [0.29, 0.717) is 19.3 Å². The molecule has 0 aromatic heterocycles. The molecule has 79 heavy (non-hydrogen) atoms. The Kier molecular flexibility index (Phi) is 50.7. The highest BCUT2D eigenvalue weighted by atomic mass is 16.7. The van der Waals surface area contributed by atoms with Crippen molar-refractivity contribution in [2.75, 3.05) is 13.2 Å². The molecular weight excluding hydrogens is 997 g/mol. The van der Waals surface area contributed by atoms with Crippen molar-refractivity contribution in [3.63, 3.8) is 0 Å². The van der Waals surface area contributed by atoms with Crippen molar-refractivity contribution >= 4 is 23.9 Å². The van der Waals surface area contributed by atoms with E-state index < -0.39 is 67.3 Å². The fraction of sp³-hybridized carbons (Fsp3) is 0.761. The van der Waals surface area contributed by atoms with E-state index in [2.05, 4.69) is 93.7 Å². The second-order valence-corrected chi connectivity index (χ2v) is 21.7. The first-order valence-electron chi connectivity index (χ1n) is 31.9. The molecule has 1 heterocycles. The average Bonchev–Trinajstić information content (AvgIpc) is 3.48. The number of ether oxygens (including phenoxy) is 5. The minimum absolute atomic E-state index is 0.0440. The van der Waals surface area contributed by atoms with E-state index in [1.807, 2.05) is 0 Å². The maximum Gasteiger partial charge on any atom is 0.335 e. The van der Waals surface area contributed by atoms with Crippen molar-refractivity contribution < 1.29 is 58.2 Å². The van der Waals surface area contributed by atoms with Crippen molar-refractivity contribution in [3.05, 3.63) is 72.9 Å². The summed E-state index contributed by atoms with van der Waals surface area (Å²) in [7, 11) is 0. The number of carboxylic acid groups (broad SMARTS) is 1. The molecule has 0 radical (unpaired) electrons. The van der Waals surface area contributed by atoms with Crippen LogP contribution < -0.4 is 0 Å². The van der Waals surface area contributed by atoms with E-state index in [1.165, 1.54) is 96.3 Å². The summed E-state index contributed by atoms with van der Waals surface area (Å²) in [6, 6.07) is 0. The van der Waals surface area contributed by atoms with Crippen LogP contribution in [-0.4, -0.2) is 89.2 Å². The standard InChI is InChI=1S/C67H114O12/c1-4-7-10-13-16-19-22-24-26-28-30-32-34-36-39-41-44-47-50-53-59(68)75-56-58(77-60(69)54-51-48-45-42-38-21-18-15-12-9-6-3)57-76-67-65(63(72)62(71)64(79-67)66(73)74)78-61(70)55-52-49-46-43-40-37-35-33-31-29-27-25-23-20-17-14-11-8-5-2/h16-17,19-20,24-27,30-33,58,62-65,67,71-72H,4-15,18,21-23,28-29,34-57H2,1-3H3,(H,73,74)/b19-16-,20-17-,26-24-,27-25-,32-30-,33-31-. The highest BCUT2D eigenvalue weighted by Crippen LogP contribution is 2.26. The number of hydrogen-bond acceptors (Lipinski definition) is 11. The predicted octanol–water partition coefficient (Wildman–Crippen LogP) is 16.9. The molecule has 1 fully saturated rings. The molecule has 1 saturated heterocycles. The molecule has 0 amide bonds. The van der Waals surface area contributed by atoms with E-state index in [1.54, 1.807) is 0 Å². The largest absolute Gasteiger partial charge is 0.479 e. The highest BCUT2D eigenvalue weighted by Gasteiger charge is 2.50. The van der Waals surface area contributed by atoms with Crippen molar-refractivity contribution in [1.29, 1.82) is 0 Å². The molecule has 0 saturated carbocycles. The summed E-state index contributed by atoms with van der Waals surface area (Å²) >= 11 is 0. The van der Waals surface area contributed by atoms with Crippen molar-refractivity contribution in [1.82, 2.24) is 0 Å². The average molecular weight is 1110 g/mol. The summed E-state index contributed by atoms with van der Waals surface area (Å²) in [6.45, 7) is 5.93. The zero-order chi connectivity index (χ0) is 57.5. The number of aliphatic carboxylic acids is 1. The number of carbonyl (C=O) groups excluding carboxylic acids is 3. The normalized spacial score (nSPS) is 18.3. The zero-order valence-electron chi connectivity index (χ0n) is 50.1. The quantitative estimate of drug-likeness (QED) is 0.0228. The SMILES string of the molecule is CCCCC/C=C\C/C=C\C/C=C\CCCCCCCCC(=O)OCC(COC1OC(C(=O)O)C(O)C(O)C1OC(=O)CCCCCCCC/C=C\C/C=C\C/C=C\CCCCC)OC(=O)CCCCCCCCCCCCC. The van der Waals surface area contributed by atoms with Gasteiger partial charge < -0.3 is 39.0 Å². The molecule has 6 atom stereocenters. The summed E-state index contributed by atoms with van der Waals surface area (Å²) in [5, 5.41) is 31.5. The third-order valence-corrected chi connectivity index (χ3v) is 14.3. The van der Waals surface area contributed by atoms with E-state index in [-0.39, 0.29) is 25.9 Å². The molecule has 454 valence electrons. The Morgan fingerprint density at radius 2 is 0.759 bits per heavy atom. The summed E-state index contributed by atoms with van der Waals surface area (Å²) < 4.78 is 28.5. The molecule has 0 aromatic carbocycles. The van der Waals surface area contributed by atoms with Crippen LogP contribution in [-0.2, 0) is 42.9 Å². The van der Waals surface area contributed by atoms with Crippen LogP contribution in [0.25, 0.3) is 0 Å². The van der Waals surface area contributed by atoms with Gasteiger partial charge in [-0.15, -0.1) is 0 Å².